The number of hydrogen-bond donors (Lipinski definition) is 2. The van der Waals surface area contributed by atoms with Crippen molar-refractivity contribution in [2.75, 3.05) is 25.9 Å². The molecule has 1 atom stereocenters. The van der Waals surface area contributed by atoms with E-state index in [0.29, 0.717) is 31.7 Å². The van der Waals surface area contributed by atoms with Crippen molar-refractivity contribution in [2.45, 2.75) is 19.0 Å². The second-order valence-corrected chi connectivity index (χ2v) is 6.39. The molecule has 1 fully saturated rings. The Labute approximate surface area is 148 Å². The fourth-order valence-electron chi connectivity index (χ4n) is 3.14. The molecular formula is C17H19F2N5O2. The highest BCUT2D eigenvalue weighted by molar-refractivity contribution is 5.94. The number of nitrogens with one attached hydrogen (secondary N) is 1. The summed E-state index contributed by atoms with van der Waals surface area (Å²) in [6.07, 6.45) is 0.707. The van der Waals surface area contributed by atoms with Gasteiger partial charge in [0.2, 0.25) is 5.95 Å². The van der Waals surface area contributed by atoms with Gasteiger partial charge in [-0.1, -0.05) is 0 Å². The molecule has 26 heavy (non-hydrogen) atoms. The van der Waals surface area contributed by atoms with Crippen molar-refractivity contribution in [1.82, 2.24) is 19.8 Å². The van der Waals surface area contributed by atoms with Gasteiger partial charge in [-0.2, -0.15) is 0 Å². The Morgan fingerprint density at radius 2 is 2.04 bits per heavy atom. The molecule has 0 radical (unpaired) electrons. The number of nitrogens with zero attached hydrogens (tertiary/aromatic N) is 3. The predicted molar refractivity (Wildman–Crippen MR) is 91.4 cm³/mol. The Morgan fingerprint density at radius 1 is 1.35 bits per heavy atom. The molecule has 0 saturated carbocycles. The number of rotatable bonds is 4. The van der Waals surface area contributed by atoms with Gasteiger partial charge in [0.05, 0.1) is 5.69 Å². The molecule has 9 heteroatoms. The lowest BCUT2D eigenvalue weighted by molar-refractivity contribution is 0.0778. The lowest BCUT2D eigenvalue weighted by atomic mass is 10.2. The number of carbonyl (C=O) groups is 1. The lowest BCUT2D eigenvalue weighted by Gasteiger charge is -2.24. The first-order chi connectivity index (χ1) is 12.3. The number of likely N-dealkylation sites (tertiary alicyclic amines) is 1. The van der Waals surface area contributed by atoms with Gasteiger partial charge in [-0.3, -0.25) is 19.5 Å². The van der Waals surface area contributed by atoms with Gasteiger partial charge in [0, 0.05) is 43.4 Å². The molecule has 0 unspecified atom stereocenters. The first kappa shape index (κ1) is 18.0. The van der Waals surface area contributed by atoms with Crippen LogP contribution < -0.4 is 11.3 Å². The summed E-state index contributed by atoms with van der Waals surface area (Å²) >= 11 is 0. The molecule has 1 aliphatic heterocycles. The van der Waals surface area contributed by atoms with Crippen molar-refractivity contribution >= 4 is 11.9 Å². The fourth-order valence-corrected chi connectivity index (χ4v) is 3.14. The Bertz CT molecular complexity index is 865. The fraction of sp³-hybridized carbons (Fsp3) is 0.353. The molecule has 1 saturated heterocycles. The Hall–Kier alpha value is -2.81. The summed E-state index contributed by atoms with van der Waals surface area (Å²) in [5.41, 5.74) is 5.75. The Morgan fingerprint density at radius 3 is 2.69 bits per heavy atom. The van der Waals surface area contributed by atoms with Gasteiger partial charge in [-0.25, -0.2) is 13.8 Å². The van der Waals surface area contributed by atoms with Crippen molar-refractivity contribution in [2.24, 2.45) is 0 Å². The van der Waals surface area contributed by atoms with Gasteiger partial charge in [0.25, 0.3) is 11.5 Å². The highest BCUT2D eigenvalue weighted by Gasteiger charge is 2.30. The van der Waals surface area contributed by atoms with E-state index in [1.54, 1.807) is 4.90 Å². The summed E-state index contributed by atoms with van der Waals surface area (Å²) < 4.78 is 26.6. The highest BCUT2D eigenvalue weighted by Crippen LogP contribution is 2.19. The standard InChI is InChI=1S/C17H19F2N5O2/c1-23(8-13-7-15(25)22-17(20)21-13)14-2-3-24(9-14)16(26)10-4-11(18)6-12(19)5-10/h4-7,14H,2-3,8-9H2,1H3,(H3,20,21,22,25)/t14-/m0/s1. The van der Waals surface area contributed by atoms with Gasteiger partial charge in [-0.15, -0.1) is 0 Å². The third-order valence-electron chi connectivity index (χ3n) is 4.41. The van der Waals surface area contributed by atoms with E-state index < -0.39 is 17.5 Å². The molecule has 2 heterocycles. The molecule has 2 aromatic rings. The molecule has 0 bridgehead atoms. The summed E-state index contributed by atoms with van der Waals surface area (Å²) in [5.74, 6) is -1.91. The van der Waals surface area contributed by atoms with E-state index in [1.165, 1.54) is 6.07 Å². The number of halogens is 2. The summed E-state index contributed by atoms with van der Waals surface area (Å²) in [7, 11) is 1.86. The van der Waals surface area contributed by atoms with Crippen molar-refractivity contribution in [3.8, 4) is 0 Å². The lowest BCUT2D eigenvalue weighted by Crippen LogP contribution is -2.36. The van der Waals surface area contributed by atoms with Crippen molar-refractivity contribution in [3.63, 3.8) is 0 Å². The van der Waals surface area contributed by atoms with E-state index in [2.05, 4.69) is 9.97 Å². The van der Waals surface area contributed by atoms with E-state index in [4.69, 9.17) is 5.73 Å². The summed E-state index contributed by atoms with van der Waals surface area (Å²) in [5, 5.41) is 0. The zero-order valence-corrected chi connectivity index (χ0v) is 14.2. The van der Waals surface area contributed by atoms with Crippen LogP contribution in [0.1, 0.15) is 22.5 Å². The average molecular weight is 363 g/mol. The first-order valence-electron chi connectivity index (χ1n) is 8.13. The quantitative estimate of drug-likeness (QED) is 0.844. The Balaban J connectivity index is 1.65. The van der Waals surface area contributed by atoms with Crippen LogP contribution in [0.2, 0.25) is 0 Å². The summed E-state index contributed by atoms with van der Waals surface area (Å²) in [6.45, 7) is 1.30. The molecule has 3 rings (SSSR count). The number of amides is 1. The minimum atomic E-state index is -0.779. The van der Waals surface area contributed by atoms with Crippen LogP contribution >= 0.6 is 0 Å². The highest BCUT2D eigenvalue weighted by atomic mass is 19.1. The van der Waals surface area contributed by atoms with Gasteiger partial charge in [-0.05, 0) is 25.6 Å². The number of nitrogens with two attached hydrogens (primary N) is 1. The second-order valence-electron chi connectivity index (χ2n) is 6.39. The van der Waals surface area contributed by atoms with E-state index in [-0.39, 0.29) is 23.1 Å². The molecular weight excluding hydrogens is 344 g/mol. The minimum Gasteiger partial charge on any atom is -0.369 e. The largest absolute Gasteiger partial charge is 0.369 e. The summed E-state index contributed by atoms with van der Waals surface area (Å²) in [6, 6.07) is 4.22. The number of aromatic amines is 1. The van der Waals surface area contributed by atoms with Crippen LogP contribution in [0.5, 0.6) is 0 Å². The van der Waals surface area contributed by atoms with Crippen LogP contribution in [-0.4, -0.2) is 51.9 Å². The van der Waals surface area contributed by atoms with Gasteiger partial charge in [0.1, 0.15) is 11.6 Å². The first-order valence-corrected chi connectivity index (χ1v) is 8.13. The Kier molecular flexibility index (Phi) is 4.99. The predicted octanol–water partition coefficient (Wildman–Crippen LogP) is 0.977. The topological polar surface area (TPSA) is 95.3 Å². The number of hydrogen-bond acceptors (Lipinski definition) is 5. The number of benzene rings is 1. The maximum absolute atomic E-state index is 13.3. The molecule has 0 spiro atoms. The maximum Gasteiger partial charge on any atom is 0.254 e. The maximum atomic E-state index is 13.3. The molecule has 1 aliphatic rings. The van der Waals surface area contributed by atoms with Gasteiger partial charge >= 0.3 is 0 Å². The number of nitrogen functional groups attached to an aromatic ring is 1. The number of H-pyrrole nitrogens is 1. The molecule has 1 aromatic heterocycles. The van der Waals surface area contributed by atoms with E-state index in [9.17, 15) is 18.4 Å². The summed E-state index contributed by atoms with van der Waals surface area (Å²) in [4.78, 5) is 33.9. The van der Waals surface area contributed by atoms with Crippen LogP contribution in [-0.2, 0) is 6.54 Å². The molecule has 138 valence electrons. The van der Waals surface area contributed by atoms with E-state index in [0.717, 1.165) is 18.2 Å². The molecule has 0 aliphatic carbocycles. The number of carbonyl (C=O) groups excluding carboxylic acids is 1. The van der Waals surface area contributed by atoms with Crippen LogP contribution in [0, 0.1) is 11.6 Å². The van der Waals surface area contributed by atoms with Crippen LogP contribution in [0.4, 0.5) is 14.7 Å². The second kappa shape index (κ2) is 7.20. The van der Waals surface area contributed by atoms with E-state index in [1.807, 2.05) is 11.9 Å². The number of anilines is 1. The average Bonchev–Trinajstić information content (AvgIpc) is 3.02. The third-order valence-corrected chi connectivity index (χ3v) is 4.41. The van der Waals surface area contributed by atoms with E-state index >= 15 is 0 Å². The van der Waals surface area contributed by atoms with Crippen molar-refractivity contribution in [3.05, 3.63) is 57.5 Å². The molecule has 7 nitrogen and oxygen atoms in total. The third kappa shape index (κ3) is 4.05. The molecule has 3 N–H and O–H groups in total. The van der Waals surface area contributed by atoms with Crippen LogP contribution in [0.25, 0.3) is 0 Å². The smallest absolute Gasteiger partial charge is 0.254 e. The van der Waals surface area contributed by atoms with Crippen LogP contribution in [0.15, 0.2) is 29.1 Å². The molecule has 1 amide bonds. The molecule has 1 aromatic carbocycles. The zero-order chi connectivity index (χ0) is 18.8. The van der Waals surface area contributed by atoms with Gasteiger partial charge in [0.15, 0.2) is 0 Å². The minimum absolute atomic E-state index is 0.00478. The monoisotopic (exact) mass is 363 g/mol. The SMILES string of the molecule is CN(Cc1cc(=O)[nH]c(N)n1)[C@H]1CCN(C(=O)c2cc(F)cc(F)c2)C1. The van der Waals surface area contributed by atoms with Crippen LogP contribution in [0.3, 0.4) is 0 Å². The zero-order valence-electron chi connectivity index (χ0n) is 14.2. The van der Waals surface area contributed by atoms with Crippen molar-refractivity contribution < 1.29 is 13.6 Å². The van der Waals surface area contributed by atoms with Crippen molar-refractivity contribution in [1.29, 1.82) is 0 Å². The number of likely N-dealkylation sites (N-methyl/N-ethyl adjacent to an activating group) is 1. The number of aromatic nitrogens is 2. The normalized spacial score (nSPS) is 17.1. The van der Waals surface area contributed by atoms with Gasteiger partial charge < -0.3 is 10.6 Å².